The van der Waals surface area contributed by atoms with E-state index in [-0.39, 0.29) is 0 Å². The zero-order valence-corrected chi connectivity index (χ0v) is 16.2. The number of hydrogen-bond acceptors (Lipinski definition) is 0. The highest BCUT2D eigenvalue weighted by molar-refractivity contribution is 6.97. The van der Waals surface area contributed by atoms with E-state index in [1.807, 2.05) is 12.2 Å². The molecule has 0 aliphatic carbocycles. The minimum absolute atomic E-state index is 0.323. The van der Waals surface area contributed by atoms with Crippen LogP contribution >= 0.6 is 11.1 Å². The molecule has 0 unspecified atom stereocenters. The first kappa shape index (κ1) is 19.2. The summed E-state index contributed by atoms with van der Waals surface area (Å²) in [5, 5.41) is 1.28. The molecule has 0 aromatic heterocycles. The Hall–Kier alpha value is -2.09. The van der Waals surface area contributed by atoms with Crippen molar-refractivity contribution in [2.24, 2.45) is 0 Å². The molecule has 126 valence electrons. The van der Waals surface area contributed by atoms with E-state index in [0.29, 0.717) is 8.83 Å². The Morgan fingerprint density at radius 3 is 2.04 bits per heavy atom. The van der Waals surface area contributed by atoms with Gasteiger partial charge in [0.25, 0.3) is 0 Å². The first-order valence-corrected chi connectivity index (χ1v) is 10.4. The van der Waals surface area contributed by atoms with Crippen molar-refractivity contribution in [1.82, 2.24) is 0 Å². The van der Waals surface area contributed by atoms with Crippen LogP contribution in [0.25, 0.3) is 12.2 Å². The highest BCUT2D eigenvalue weighted by atomic mass is 35.6. The van der Waals surface area contributed by atoms with Crippen molar-refractivity contribution in [3.05, 3.63) is 107 Å². The topological polar surface area (TPSA) is 0 Å². The van der Waals surface area contributed by atoms with Gasteiger partial charge in [0, 0.05) is 0 Å². The average Bonchev–Trinajstić information content (AvgIpc) is 2.67. The van der Waals surface area contributed by atoms with E-state index in [1.54, 1.807) is 0 Å². The zero-order chi connectivity index (χ0) is 17.9. The lowest BCUT2D eigenvalue weighted by Gasteiger charge is -2.02. The summed E-state index contributed by atoms with van der Waals surface area (Å²) in [5.74, 6) is 0. The van der Waals surface area contributed by atoms with Crippen LogP contribution in [0.3, 0.4) is 0 Å². The van der Waals surface area contributed by atoms with Crippen LogP contribution in [-0.2, 0) is 12.8 Å². The van der Waals surface area contributed by atoms with Crippen LogP contribution in [0.1, 0.15) is 28.7 Å². The van der Waals surface area contributed by atoms with E-state index in [9.17, 15) is 0 Å². The number of benzene rings is 2. The molecule has 0 fully saturated rings. The number of hydrogen-bond donors (Lipinski definition) is 0. The Balaban J connectivity index is 1.89. The molecule has 0 spiro atoms. The summed E-state index contributed by atoms with van der Waals surface area (Å²) in [6, 6.07) is 16.9. The second kappa shape index (κ2) is 10.7. The van der Waals surface area contributed by atoms with Gasteiger partial charge in [-0.3, -0.25) is 0 Å². The SMILES string of the molecule is C=Cc1cccc(CC=CCC(=CCc2cccc(C=C)c2)[Si]Cl)c1. The third-order valence-electron chi connectivity index (χ3n) is 3.94. The van der Waals surface area contributed by atoms with Crippen molar-refractivity contribution in [3.63, 3.8) is 0 Å². The van der Waals surface area contributed by atoms with Gasteiger partial charge < -0.3 is 0 Å². The van der Waals surface area contributed by atoms with Crippen LogP contribution in [0.4, 0.5) is 0 Å². The Bertz CT molecular complexity index is 771. The van der Waals surface area contributed by atoms with Gasteiger partial charge in [-0.1, -0.05) is 97.3 Å². The van der Waals surface area contributed by atoms with Crippen LogP contribution in [0.5, 0.6) is 0 Å². The van der Waals surface area contributed by atoms with Crippen LogP contribution in [0.15, 0.2) is 85.1 Å². The van der Waals surface area contributed by atoms with E-state index in [2.05, 4.69) is 79.9 Å². The molecule has 0 amide bonds. The zero-order valence-electron chi connectivity index (χ0n) is 14.4. The maximum Gasteiger partial charge on any atom is 0.206 e. The van der Waals surface area contributed by atoms with Gasteiger partial charge in [0.05, 0.1) is 0 Å². The molecule has 0 bridgehead atoms. The Morgan fingerprint density at radius 2 is 1.48 bits per heavy atom. The number of allylic oxidation sites excluding steroid dienone is 4. The monoisotopic (exact) mass is 362 g/mol. The maximum atomic E-state index is 6.13. The molecule has 0 saturated carbocycles. The van der Waals surface area contributed by atoms with Crippen LogP contribution in [0.2, 0.25) is 0 Å². The molecule has 2 aromatic rings. The van der Waals surface area contributed by atoms with Crippen molar-refractivity contribution in [2.75, 3.05) is 0 Å². The average molecular weight is 363 g/mol. The second-order valence-corrected chi connectivity index (χ2v) is 7.20. The molecule has 0 saturated heterocycles. The van der Waals surface area contributed by atoms with Crippen molar-refractivity contribution in [2.45, 2.75) is 19.3 Å². The lowest BCUT2D eigenvalue weighted by molar-refractivity contribution is 1.20. The van der Waals surface area contributed by atoms with Crippen molar-refractivity contribution in [1.29, 1.82) is 0 Å². The summed E-state index contributed by atoms with van der Waals surface area (Å²) in [7, 11) is 0.323. The molecular weight excluding hydrogens is 340 g/mol. The van der Waals surface area contributed by atoms with E-state index >= 15 is 0 Å². The normalized spacial score (nSPS) is 11.6. The maximum absolute atomic E-state index is 6.13. The first-order valence-electron chi connectivity index (χ1n) is 8.38. The largest absolute Gasteiger partial charge is 0.206 e. The third kappa shape index (κ3) is 6.73. The lowest BCUT2D eigenvalue weighted by atomic mass is 10.1. The smallest absolute Gasteiger partial charge is 0.165 e. The summed E-state index contributed by atoms with van der Waals surface area (Å²) in [6.07, 6.45) is 13.2. The fraction of sp³-hybridized carbons (Fsp3) is 0.130. The van der Waals surface area contributed by atoms with E-state index in [0.717, 1.165) is 30.4 Å². The van der Waals surface area contributed by atoms with Gasteiger partial charge in [0.2, 0.25) is 8.83 Å². The molecule has 2 heteroatoms. The van der Waals surface area contributed by atoms with Crippen molar-refractivity contribution < 1.29 is 0 Å². The van der Waals surface area contributed by atoms with Gasteiger partial charge in [-0.15, -0.1) is 0 Å². The molecule has 0 atom stereocenters. The van der Waals surface area contributed by atoms with Gasteiger partial charge in [0.15, 0.2) is 0 Å². The second-order valence-electron chi connectivity index (χ2n) is 5.81. The summed E-state index contributed by atoms with van der Waals surface area (Å²) in [4.78, 5) is 0. The minimum Gasteiger partial charge on any atom is -0.165 e. The summed E-state index contributed by atoms with van der Waals surface area (Å²) >= 11 is 6.13. The molecule has 25 heavy (non-hydrogen) atoms. The van der Waals surface area contributed by atoms with Gasteiger partial charge in [-0.25, -0.2) is 0 Å². The molecule has 0 aliphatic rings. The highest BCUT2D eigenvalue weighted by Crippen LogP contribution is 2.12. The molecule has 0 heterocycles. The highest BCUT2D eigenvalue weighted by Gasteiger charge is 1.97. The van der Waals surface area contributed by atoms with E-state index in [1.165, 1.54) is 16.3 Å². The van der Waals surface area contributed by atoms with Gasteiger partial charge in [-0.2, -0.15) is 11.1 Å². The van der Waals surface area contributed by atoms with E-state index < -0.39 is 0 Å². The number of rotatable bonds is 9. The lowest BCUT2D eigenvalue weighted by Crippen LogP contribution is -1.91. The van der Waals surface area contributed by atoms with E-state index in [4.69, 9.17) is 11.1 Å². The Kier molecular flexibility index (Phi) is 8.24. The fourth-order valence-electron chi connectivity index (χ4n) is 2.53. The van der Waals surface area contributed by atoms with Crippen molar-refractivity contribution in [3.8, 4) is 0 Å². The molecule has 2 radical (unpaired) electrons. The molecular formula is C23H23ClSi. The fourth-order valence-corrected chi connectivity index (χ4v) is 3.36. The summed E-state index contributed by atoms with van der Waals surface area (Å²) < 4.78 is 0. The van der Waals surface area contributed by atoms with Crippen LogP contribution < -0.4 is 0 Å². The Morgan fingerprint density at radius 1 is 0.880 bits per heavy atom. The Labute approximate surface area is 158 Å². The van der Waals surface area contributed by atoms with Crippen molar-refractivity contribution >= 4 is 32.1 Å². The summed E-state index contributed by atoms with van der Waals surface area (Å²) in [6.45, 7) is 7.63. The third-order valence-corrected chi connectivity index (χ3v) is 5.32. The molecule has 2 rings (SSSR count). The first-order chi connectivity index (χ1) is 12.2. The molecule has 0 aliphatic heterocycles. The predicted molar refractivity (Wildman–Crippen MR) is 114 cm³/mol. The van der Waals surface area contributed by atoms with Gasteiger partial charge >= 0.3 is 0 Å². The molecule has 0 nitrogen and oxygen atoms in total. The van der Waals surface area contributed by atoms with Gasteiger partial charge in [-0.05, 0) is 41.5 Å². The predicted octanol–water partition coefficient (Wildman–Crippen LogP) is 6.45. The minimum atomic E-state index is 0.323. The quantitative estimate of drug-likeness (QED) is 0.273. The molecule has 0 N–H and O–H groups in total. The van der Waals surface area contributed by atoms with Crippen LogP contribution in [0, 0.1) is 0 Å². The standard InChI is InChI=1S/C23H23ClSi/c1-3-19-10-7-12-21(17-19)9-5-6-14-23(25-24)16-15-22-13-8-11-20(4-2)18-22/h3-8,10-13,16-18H,1-2,9,14-15H2. The van der Waals surface area contributed by atoms with Crippen LogP contribution in [-0.4, -0.2) is 8.83 Å². The summed E-state index contributed by atoms with van der Waals surface area (Å²) in [5.41, 5.74) is 4.90. The molecule has 2 aromatic carbocycles. The number of halogens is 1. The van der Waals surface area contributed by atoms with Gasteiger partial charge in [0.1, 0.15) is 0 Å².